The van der Waals surface area contributed by atoms with Crippen molar-refractivity contribution >= 4 is 23.9 Å². The van der Waals surface area contributed by atoms with Crippen LogP contribution < -0.4 is 0 Å². The maximum atomic E-state index is 10.6. The molecule has 8 nitrogen and oxygen atoms in total. The maximum Gasteiger partial charge on any atom is 0.328 e. The van der Waals surface area contributed by atoms with Crippen molar-refractivity contribution in [2.24, 2.45) is 11.8 Å². The molecule has 0 aromatic heterocycles. The van der Waals surface area contributed by atoms with E-state index in [0.29, 0.717) is 25.0 Å². The lowest BCUT2D eigenvalue weighted by Gasteiger charge is -2.24. The largest absolute Gasteiger partial charge is 0.481 e. The van der Waals surface area contributed by atoms with Crippen LogP contribution in [0.3, 0.4) is 0 Å². The molecule has 0 aliphatic heterocycles. The van der Waals surface area contributed by atoms with Gasteiger partial charge in [0.1, 0.15) is 0 Å². The minimum absolute atomic E-state index is 0.506. The van der Waals surface area contributed by atoms with Gasteiger partial charge in [0.2, 0.25) is 0 Å². The van der Waals surface area contributed by atoms with E-state index in [2.05, 4.69) is 0 Å². The number of carbonyl (C=O) groups is 4. The fourth-order valence-corrected chi connectivity index (χ4v) is 1.86. The molecule has 0 bridgehead atoms. The number of hydrogen-bond donors (Lipinski definition) is 4. The van der Waals surface area contributed by atoms with Crippen molar-refractivity contribution in [3.8, 4) is 0 Å². The third kappa shape index (κ3) is 7.14. The molecule has 1 fully saturated rings. The van der Waals surface area contributed by atoms with Gasteiger partial charge in [-0.3, -0.25) is 9.59 Å². The van der Waals surface area contributed by atoms with E-state index in [1.807, 2.05) is 0 Å². The minimum Gasteiger partial charge on any atom is -0.481 e. The van der Waals surface area contributed by atoms with Crippen molar-refractivity contribution in [2.75, 3.05) is 0 Å². The van der Waals surface area contributed by atoms with Crippen molar-refractivity contribution in [1.29, 1.82) is 0 Å². The lowest BCUT2D eigenvalue weighted by molar-refractivity contribution is -0.155. The first kappa shape index (κ1) is 17.6. The summed E-state index contributed by atoms with van der Waals surface area (Å²) in [5.74, 6) is -5.79. The molecule has 0 aromatic carbocycles. The van der Waals surface area contributed by atoms with E-state index in [-0.39, 0.29) is 0 Å². The van der Waals surface area contributed by atoms with Gasteiger partial charge in [-0.25, -0.2) is 9.59 Å². The molecule has 0 amide bonds. The molecule has 0 saturated heterocycles. The smallest absolute Gasteiger partial charge is 0.328 e. The van der Waals surface area contributed by atoms with E-state index in [1.54, 1.807) is 0 Å². The molecule has 0 spiro atoms. The van der Waals surface area contributed by atoms with Gasteiger partial charge >= 0.3 is 23.9 Å². The Morgan fingerprint density at radius 3 is 1.20 bits per heavy atom. The zero-order chi connectivity index (χ0) is 15.7. The van der Waals surface area contributed by atoms with Crippen molar-refractivity contribution in [1.82, 2.24) is 0 Å². The molecule has 2 atom stereocenters. The molecule has 1 rings (SSSR count). The first-order valence-corrected chi connectivity index (χ1v) is 5.85. The van der Waals surface area contributed by atoms with Gasteiger partial charge in [-0.2, -0.15) is 0 Å². The Morgan fingerprint density at radius 1 is 0.700 bits per heavy atom. The average molecular weight is 288 g/mol. The molecule has 8 heteroatoms. The van der Waals surface area contributed by atoms with Gasteiger partial charge in [0.15, 0.2) is 0 Å². The first-order valence-electron chi connectivity index (χ1n) is 5.85. The standard InChI is InChI=1S/C8H12O4.C4H4O4/c9-7(10)5-3-1-2-4-6(5)8(11)12;5-3(6)1-2-4(7)8/h5-6H,1-4H2,(H,9,10)(H,11,12);1-2H,(H,5,6)(H,7,8). The topological polar surface area (TPSA) is 149 Å². The molecule has 1 aliphatic carbocycles. The quantitative estimate of drug-likeness (QED) is 0.551. The molecular formula is C12H16O8. The van der Waals surface area contributed by atoms with Gasteiger partial charge in [-0.15, -0.1) is 0 Å². The van der Waals surface area contributed by atoms with Crippen LogP contribution in [0.15, 0.2) is 12.2 Å². The maximum absolute atomic E-state index is 10.6. The SMILES string of the molecule is O=C(O)C1CCCCC1C(=O)O.O=C(O)C=CC(=O)O. The second kappa shape index (κ2) is 8.68. The molecule has 2 unspecified atom stereocenters. The minimum atomic E-state index is -1.26. The fraction of sp³-hybridized carbons (Fsp3) is 0.500. The van der Waals surface area contributed by atoms with E-state index in [9.17, 15) is 19.2 Å². The van der Waals surface area contributed by atoms with Gasteiger partial charge in [-0.1, -0.05) is 12.8 Å². The van der Waals surface area contributed by atoms with Crippen LogP contribution in [0.5, 0.6) is 0 Å². The Kier molecular flexibility index (Phi) is 7.64. The monoisotopic (exact) mass is 288 g/mol. The normalized spacial score (nSPS) is 21.6. The van der Waals surface area contributed by atoms with Crippen LogP contribution in [0.25, 0.3) is 0 Å². The van der Waals surface area contributed by atoms with E-state index in [0.717, 1.165) is 12.8 Å². The number of carboxylic acid groups (broad SMARTS) is 4. The van der Waals surface area contributed by atoms with Crippen LogP contribution >= 0.6 is 0 Å². The lowest BCUT2D eigenvalue weighted by atomic mass is 9.79. The summed E-state index contributed by atoms with van der Waals surface area (Å²) >= 11 is 0. The first-order chi connectivity index (χ1) is 9.25. The van der Waals surface area contributed by atoms with Crippen LogP contribution in [0, 0.1) is 11.8 Å². The van der Waals surface area contributed by atoms with Gasteiger partial charge in [0, 0.05) is 12.2 Å². The Hall–Kier alpha value is -2.38. The van der Waals surface area contributed by atoms with E-state index >= 15 is 0 Å². The number of hydrogen-bond acceptors (Lipinski definition) is 4. The van der Waals surface area contributed by atoms with Crippen LogP contribution in [-0.4, -0.2) is 44.3 Å². The van der Waals surface area contributed by atoms with Crippen molar-refractivity contribution < 1.29 is 39.6 Å². The van der Waals surface area contributed by atoms with Crippen molar-refractivity contribution in [3.63, 3.8) is 0 Å². The highest BCUT2D eigenvalue weighted by Gasteiger charge is 2.35. The summed E-state index contributed by atoms with van der Waals surface area (Å²) in [6.45, 7) is 0. The van der Waals surface area contributed by atoms with Crippen LogP contribution in [0.4, 0.5) is 0 Å². The molecule has 0 radical (unpaired) electrons. The van der Waals surface area contributed by atoms with Gasteiger partial charge in [0.05, 0.1) is 11.8 Å². The third-order valence-electron chi connectivity index (χ3n) is 2.77. The zero-order valence-electron chi connectivity index (χ0n) is 10.6. The molecule has 4 N–H and O–H groups in total. The van der Waals surface area contributed by atoms with E-state index in [4.69, 9.17) is 20.4 Å². The Labute approximate surface area is 114 Å². The highest BCUT2D eigenvalue weighted by atomic mass is 16.4. The van der Waals surface area contributed by atoms with E-state index in [1.165, 1.54) is 0 Å². The molecule has 1 saturated carbocycles. The highest BCUT2D eigenvalue weighted by molar-refractivity contribution is 5.89. The second-order valence-corrected chi connectivity index (χ2v) is 4.18. The van der Waals surface area contributed by atoms with Gasteiger partial charge in [0.25, 0.3) is 0 Å². The summed E-state index contributed by atoms with van der Waals surface area (Å²) in [7, 11) is 0. The average Bonchev–Trinajstić information content (AvgIpc) is 2.37. The molecule has 20 heavy (non-hydrogen) atoms. The summed E-state index contributed by atoms with van der Waals surface area (Å²) in [5, 5.41) is 33.0. The number of rotatable bonds is 4. The summed E-state index contributed by atoms with van der Waals surface area (Å²) in [5.41, 5.74) is 0. The second-order valence-electron chi connectivity index (χ2n) is 4.18. The Bertz CT molecular complexity index is 374. The molecule has 0 heterocycles. The Balaban J connectivity index is 0.000000396. The fourth-order valence-electron chi connectivity index (χ4n) is 1.86. The number of carboxylic acids is 4. The van der Waals surface area contributed by atoms with Crippen molar-refractivity contribution in [2.45, 2.75) is 25.7 Å². The van der Waals surface area contributed by atoms with Gasteiger partial charge < -0.3 is 20.4 Å². The zero-order valence-corrected chi connectivity index (χ0v) is 10.6. The van der Waals surface area contributed by atoms with E-state index < -0.39 is 35.7 Å². The Morgan fingerprint density at radius 2 is 1.00 bits per heavy atom. The summed E-state index contributed by atoms with van der Waals surface area (Å²) in [4.78, 5) is 40.3. The molecular weight excluding hydrogens is 272 g/mol. The highest BCUT2D eigenvalue weighted by Crippen LogP contribution is 2.30. The summed E-state index contributed by atoms with van der Waals surface area (Å²) in [6, 6.07) is 0. The molecule has 0 aromatic rings. The molecule has 112 valence electrons. The van der Waals surface area contributed by atoms with Gasteiger partial charge in [-0.05, 0) is 12.8 Å². The predicted molar refractivity (Wildman–Crippen MR) is 65.1 cm³/mol. The van der Waals surface area contributed by atoms with Crippen molar-refractivity contribution in [3.05, 3.63) is 12.2 Å². The third-order valence-corrected chi connectivity index (χ3v) is 2.77. The summed E-state index contributed by atoms with van der Waals surface area (Å²) < 4.78 is 0. The summed E-state index contributed by atoms with van der Waals surface area (Å²) in [6.07, 6.45) is 3.80. The lowest BCUT2D eigenvalue weighted by Crippen LogP contribution is -2.32. The predicted octanol–water partition coefficient (Wildman–Crippen LogP) is 0.674. The molecule has 1 aliphatic rings. The van der Waals surface area contributed by atoms with Crippen LogP contribution in [-0.2, 0) is 19.2 Å². The van der Waals surface area contributed by atoms with Crippen LogP contribution in [0.2, 0.25) is 0 Å². The number of aliphatic carboxylic acids is 4. The van der Waals surface area contributed by atoms with Crippen LogP contribution in [0.1, 0.15) is 25.7 Å².